The Morgan fingerprint density at radius 3 is 2.56 bits per heavy atom. The first-order valence-electron chi connectivity index (χ1n) is 6.18. The van der Waals surface area contributed by atoms with Gasteiger partial charge in [-0.05, 0) is 44.7 Å². The molecule has 1 fully saturated rings. The van der Waals surface area contributed by atoms with Crippen LogP contribution in [0.25, 0.3) is 0 Å². The molecule has 0 aromatic carbocycles. The molecule has 0 saturated heterocycles. The highest BCUT2D eigenvalue weighted by atomic mass is 35.5. The van der Waals surface area contributed by atoms with E-state index in [0.29, 0.717) is 12.1 Å². The van der Waals surface area contributed by atoms with Gasteiger partial charge in [-0.1, -0.05) is 24.4 Å². The van der Waals surface area contributed by atoms with Crippen LogP contribution in [-0.2, 0) is 0 Å². The molecule has 1 N–H and O–H groups in total. The van der Waals surface area contributed by atoms with Crippen LogP contribution >= 0.6 is 22.9 Å². The van der Waals surface area contributed by atoms with Gasteiger partial charge in [0.2, 0.25) is 0 Å². The van der Waals surface area contributed by atoms with Crippen molar-refractivity contribution in [3.05, 3.63) is 21.3 Å². The van der Waals surface area contributed by atoms with Gasteiger partial charge < -0.3 is 5.32 Å². The number of thiophene rings is 1. The van der Waals surface area contributed by atoms with Crippen molar-refractivity contribution in [2.75, 3.05) is 0 Å². The SMILES string of the molecule is CC(N[C@H](C)C1CCCC1)c1ccc(Cl)s1. The van der Waals surface area contributed by atoms with Crippen molar-refractivity contribution in [2.45, 2.75) is 51.6 Å². The lowest BCUT2D eigenvalue weighted by Crippen LogP contribution is -2.33. The van der Waals surface area contributed by atoms with Crippen molar-refractivity contribution in [3.8, 4) is 0 Å². The molecule has 1 saturated carbocycles. The third-order valence-electron chi connectivity index (χ3n) is 3.64. The second-order valence-corrected chi connectivity index (χ2v) is 6.61. The van der Waals surface area contributed by atoms with E-state index in [2.05, 4.69) is 25.2 Å². The number of hydrogen-bond acceptors (Lipinski definition) is 2. The van der Waals surface area contributed by atoms with E-state index >= 15 is 0 Å². The zero-order chi connectivity index (χ0) is 11.5. The Morgan fingerprint density at radius 2 is 2.00 bits per heavy atom. The van der Waals surface area contributed by atoms with Gasteiger partial charge in [0.05, 0.1) is 4.34 Å². The van der Waals surface area contributed by atoms with E-state index in [4.69, 9.17) is 11.6 Å². The number of rotatable bonds is 4. The van der Waals surface area contributed by atoms with Gasteiger partial charge in [0.25, 0.3) is 0 Å². The minimum Gasteiger partial charge on any atom is -0.307 e. The second kappa shape index (κ2) is 5.52. The lowest BCUT2D eigenvalue weighted by molar-refractivity contribution is 0.354. The summed E-state index contributed by atoms with van der Waals surface area (Å²) in [6.07, 6.45) is 5.62. The lowest BCUT2D eigenvalue weighted by Gasteiger charge is -2.24. The van der Waals surface area contributed by atoms with Crippen LogP contribution in [0.5, 0.6) is 0 Å². The van der Waals surface area contributed by atoms with Crippen molar-refractivity contribution >= 4 is 22.9 Å². The van der Waals surface area contributed by atoms with Gasteiger partial charge in [-0.3, -0.25) is 0 Å². The summed E-state index contributed by atoms with van der Waals surface area (Å²) < 4.78 is 0.886. The summed E-state index contributed by atoms with van der Waals surface area (Å²) in [6.45, 7) is 4.55. The number of hydrogen-bond donors (Lipinski definition) is 1. The molecular formula is C13H20ClNS. The molecule has 16 heavy (non-hydrogen) atoms. The highest BCUT2D eigenvalue weighted by Crippen LogP contribution is 2.31. The number of nitrogens with one attached hydrogen (secondary N) is 1. The van der Waals surface area contributed by atoms with Gasteiger partial charge >= 0.3 is 0 Å². The summed E-state index contributed by atoms with van der Waals surface area (Å²) in [5.74, 6) is 0.873. The first-order valence-corrected chi connectivity index (χ1v) is 7.37. The average molecular weight is 258 g/mol. The van der Waals surface area contributed by atoms with Gasteiger partial charge in [0.1, 0.15) is 0 Å². The van der Waals surface area contributed by atoms with Crippen LogP contribution in [0.2, 0.25) is 4.34 Å². The normalized spacial score (nSPS) is 21.2. The van der Waals surface area contributed by atoms with Crippen LogP contribution in [0.1, 0.15) is 50.4 Å². The summed E-state index contributed by atoms with van der Waals surface area (Å²) in [5.41, 5.74) is 0. The van der Waals surface area contributed by atoms with Crippen LogP contribution < -0.4 is 5.32 Å². The van der Waals surface area contributed by atoms with Gasteiger partial charge in [-0.15, -0.1) is 11.3 Å². The van der Waals surface area contributed by atoms with Crippen LogP contribution in [0, 0.1) is 5.92 Å². The Bertz CT molecular complexity index is 330. The van der Waals surface area contributed by atoms with Crippen molar-refractivity contribution in [3.63, 3.8) is 0 Å². The first kappa shape index (κ1) is 12.4. The third kappa shape index (κ3) is 2.99. The summed E-state index contributed by atoms with van der Waals surface area (Å²) in [5, 5.41) is 3.70. The summed E-state index contributed by atoms with van der Waals surface area (Å²) >= 11 is 7.64. The Labute approximate surface area is 107 Å². The molecule has 0 radical (unpaired) electrons. The first-order chi connectivity index (χ1) is 7.66. The number of halogens is 1. The molecule has 0 aliphatic heterocycles. The maximum absolute atomic E-state index is 5.96. The largest absolute Gasteiger partial charge is 0.307 e. The molecule has 3 heteroatoms. The Kier molecular flexibility index (Phi) is 4.28. The molecule has 1 nitrogen and oxygen atoms in total. The monoisotopic (exact) mass is 257 g/mol. The van der Waals surface area contributed by atoms with E-state index < -0.39 is 0 Å². The van der Waals surface area contributed by atoms with Crippen LogP contribution in [0.15, 0.2) is 12.1 Å². The van der Waals surface area contributed by atoms with Crippen molar-refractivity contribution in [1.82, 2.24) is 5.32 Å². The molecule has 2 rings (SSSR count). The quantitative estimate of drug-likeness (QED) is 0.829. The van der Waals surface area contributed by atoms with Crippen molar-refractivity contribution < 1.29 is 0 Å². The van der Waals surface area contributed by atoms with E-state index in [0.717, 1.165) is 10.3 Å². The molecule has 1 aromatic rings. The Hall–Kier alpha value is -0.0500. The zero-order valence-electron chi connectivity index (χ0n) is 10.0. The van der Waals surface area contributed by atoms with Gasteiger partial charge in [-0.25, -0.2) is 0 Å². The Balaban J connectivity index is 1.88. The fourth-order valence-corrected chi connectivity index (χ4v) is 3.70. The predicted octanol–water partition coefficient (Wildman–Crippen LogP) is 4.63. The average Bonchev–Trinajstić information content (AvgIpc) is 2.87. The van der Waals surface area contributed by atoms with Gasteiger partial charge in [-0.2, -0.15) is 0 Å². The van der Waals surface area contributed by atoms with E-state index in [-0.39, 0.29) is 0 Å². The van der Waals surface area contributed by atoms with E-state index in [1.165, 1.54) is 30.6 Å². The predicted molar refractivity (Wildman–Crippen MR) is 72.3 cm³/mol. The van der Waals surface area contributed by atoms with Gasteiger partial charge in [0, 0.05) is 17.0 Å². The van der Waals surface area contributed by atoms with Crippen LogP contribution in [-0.4, -0.2) is 6.04 Å². The minimum atomic E-state index is 0.424. The molecule has 0 bridgehead atoms. The smallest absolute Gasteiger partial charge is 0.0931 e. The second-order valence-electron chi connectivity index (χ2n) is 4.86. The van der Waals surface area contributed by atoms with E-state index in [9.17, 15) is 0 Å². The third-order valence-corrected chi connectivity index (χ3v) is 5.05. The molecule has 1 aromatic heterocycles. The maximum atomic E-state index is 5.96. The topological polar surface area (TPSA) is 12.0 Å². The standard InChI is InChI=1S/C13H20ClNS/c1-9(11-5-3-4-6-11)15-10(2)12-7-8-13(14)16-12/h7-11,15H,3-6H2,1-2H3/t9-,10?/m1/s1. The van der Waals surface area contributed by atoms with Crippen molar-refractivity contribution in [2.24, 2.45) is 5.92 Å². The molecule has 90 valence electrons. The molecule has 1 heterocycles. The van der Waals surface area contributed by atoms with E-state index in [1.54, 1.807) is 11.3 Å². The highest BCUT2D eigenvalue weighted by molar-refractivity contribution is 7.16. The summed E-state index contributed by atoms with van der Waals surface area (Å²) in [7, 11) is 0. The Morgan fingerprint density at radius 1 is 1.31 bits per heavy atom. The van der Waals surface area contributed by atoms with Gasteiger partial charge in [0.15, 0.2) is 0 Å². The zero-order valence-corrected chi connectivity index (χ0v) is 11.6. The molecule has 0 spiro atoms. The minimum absolute atomic E-state index is 0.424. The summed E-state index contributed by atoms with van der Waals surface area (Å²) in [4.78, 5) is 1.34. The molecule has 2 atom stereocenters. The fraction of sp³-hybridized carbons (Fsp3) is 0.692. The van der Waals surface area contributed by atoms with Crippen molar-refractivity contribution in [1.29, 1.82) is 0 Å². The van der Waals surface area contributed by atoms with Crippen LogP contribution in [0.4, 0.5) is 0 Å². The molecule has 0 amide bonds. The molecule has 1 aliphatic carbocycles. The van der Waals surface area contributed by atoms with Crippen LogP contribution in [0.3, 0.4) is 0 Å². The van der Waals surface area contributed by atoms with E-state index in [1.807, 2.05) is 6.07 Å². The molecule has 1 unspecified atom stereocenters. The highest BCUT2D eigenvalue weighted by Gasteiger charge is 2.23. The maximum Gasteiger partial charge on any atom is 0.0931 e. The summed E-state index contributed by atoms with van der Waals surface area (Å²) in [6, 6.07) is 5.16. The molecular weight excluding hydrogens is 238 g/mol. The molecule has 1 aliphatic rings. The lowest BCUT2D eigenvalue weighted by atomic mass is 9.99. The fourth-order valence-electron chi connectivity index (χ4n) is 2.63.